The maximum absolute atomic E-state index is 13.7. The number of ether oxygens (including phenoxy) is 1. The Morgan fingerprint density at radius 3 is 2.15 bits per heavy atom. The molecule has 0 spiro atoms. The fourth-order valence-corrected chi connectivity index (χ4v) is 3.28. The van der Waals surface area contributed by atoms with Gasteiger partial charge < -0.3 is 25.8 Å². The fourth-order valence-electron chi connectivity index (χ4n) is 2.90. The zero-order valence-corrected chi connectivity index (χ0v) is 21.3. The standard InChI is InChI=1S/C23H19Cl2F4N3O7/c1-9(31-23(38)22(37)30-7-10-4-11(24)2-3-12(10)25)21(36)32-15(6-17(34)35)16(33)8-39-20-18(28)13(26)5-14(27)19(20)29/h2-5,9,15H,6-8H2,1H3,(H,30,37)(H,31,38)(H,32,36)(H,34,35)/t9-,15-/m0/s1. The highest BCUT2D eigenvalue weighted by atomic mass is 35.5. The number of ketones is 1. The summed E-state index contributed by atoms with van der Waals surface area (Å²) in [6.45, 7) is -0.366. The number of carbonyl (C=O) groups excluding carboxylic acids is 4. The van der Waals surface area contributed by atoms with Crippen molar-refractivity contribution in [2.24, 2.45) is 0 Å². The van der Waals surface area contributed by atoms with E-state index >= 15 is 0 Å². The molecule has 0 aliphatic carbocycles. The van der Waals surface area contributed by atoms with Crippen LogP contribution in [0, 0.1) is 23.3 Å². The van der Waals surface area contributed by atoms with Crippen LogP contribution in [0.5, 0.6) is 5.75 Å². The van der Waals surface area contributed by atoms with E-state index in [1.807, 2.05) is 10.6 Å². The summed E-state index contributed by atoms with van der Waals surface area (Å²) in [7, 11) is 0. The number of hydrogen-bond donors (Lipinski definition) is 4. The molecule has 210 valence electrons. The highest BCUT2D eigenvalue weighted by Crippen LogP contribution is 2.26. The third kappa shape index (κ3) is 8.82. The lowest BCUT2D eigenvalue weighted by Crippen LogP contribution is -2.53. The Morgan fingerprint density at radius 1 is 0.949 bits per heavy atom. The minimum Gasteiger partial charge on any atom is -0.481 e. The second-order valence-corrected chi connectivity index (χ2v) is 8.67. The van der Waals surface area contributed by atoms with E-state index in [1.54, 1.807) is 0 Å². The van der Waals surface area contributed by atoms with E-state index in [-0.39, 0.29) is 17.6 Å². The van der Waals surface area contributed by atoms with Gasteiger partial charge in [-0.2, -0.15) is 8.78 Å². The summed E-state index contributed by atoms with van der Waals surface area (Å²) in [5.41, 5.74) is 0.397. The molecule has 0 saturated heterocycles. The Morgan fingerprint density at radius 2 is 1.56 bits per heavy atom. The van der Waals surface area contributed by atoms with Gasteiger partial charge >= 0.3 is 17.8 Å². The molecule has 0 radical (unpaired) electrons. The summed E-state index contributed by atoms with van der Waals surface area (Å²) in [5.74, 6) is -15.4. The van der Waals surface area contributed by atoms with Gasteiger partial charge in [-0.25, -0.2) is 8.78 Å². The molecule has 3 amide bonds. The largest absolute Gasteiger partial charge is 0.481 e. The minimum absolute atomic E-state index is 0.0881. The normalized spacial score (nSPS) is 12.2. The third-order valence-electron chi connectivity index (χ3n) is 4.91. The second kappa shape index (κ2) is 13.8. The predicted octanol–water partition coefficient (Wildman–Crippen LogP) is 2.28. The van der Waals surface area contributed by atoms with Crippen molar-refractivity contribution in [3.8, 4) is 5.75 Å². The number of halogens is 6. The molecule has 16 heteroatoms. The van der Waals surface area contributed by atoms with Crippen molar-refractivity contribution in [2.75, 3.05) is 6.61 Å². The molecule has 2 aromatic carbocycles. The van der Waals surface area contributed by atoms with E-state index in [0.29, 0.717) is 10.6 Å². The molecule has 4 N–H and O–H groups in total. The van der Waals surface area contributed by atoms with Crippen molar-refractivity contribution in [1.29, 1.82) is 0 Å². The number of nitrogens with one attached hydrogen (secondary N) is 3. The van der Waals surface area contributed by atoms with E-state index in [0.717, 1.165) is 6.92 Å². The number of hydrogen-bond acceptors (Lipinski definition) is 6. The van der Waals surface area contributed by atoms with E-state index in [4.69, 9.17) is 28.3 Å². The third-order valence-corrected chi connectivity index (χ3v) is 5.51. The van der Waals surface area contributed by atoms with Gasteiger partial charge in [-0.3, -0.25) is 24.0 Å². The Hall–Kier alpha value is -3.91. The molecule has 2 rings (SSSR count). The molecule has 2 aromatic rings. The first-order valence-corrected chi connectivity index (χ1v) is 11.5. The quantitative estimate of drug-likeness (QED) is 0.177. The van der Waals surface area contributed by atoms with Gasteiger partial charge in [-0.05, 0) is 30.7 Å². The number of rotatable bonds is 11. The second-order valence-electron chi connectivity index (χ2n) is 7.82. The van der Waals surface area contributed by atoms with Crippen LogP contribution in [0.3, 0.4) is 0 Å². The van der Waals surface area contributed by atoms with Crippen molar-refractivity contribution in [3.63, 3.8) is 0 Å². The molecule has 0 aromatic heterocycles. The number of aliphatic carboxylic acids is 1. The van der Waals surface area contributed by atoms with Gasteiger partial charge in [0.15, 0.2) is 23.2 Å². The molecule has 0 aliphatic rings. The minimum atomic E-state index is -1.94. The van der Waals surface area contributed by atoms with Crippen LogP contribution in [0.2, 0.25) is 10.0 Å². The molecule has 0 fully saturated rings. The topological polar surface area (TPSA) is 151 Å². The van der Waals surface area contributed by atoms with Crippen molar-refractivity contribution in [3.05, 3.63) is 63.1 Å². The highest BCUT2D eigenvalue weighted by molar-refractivity contribution is 6.36. The predicted molar refractivity (Wildman–Crippen MR) is 127 cm³/mol. The summed E-state index contributed by atoms with van der Waals surface area (Å²) in [6, 6.07) is 1.02. The molecule has 0 bridgehead atoms. The Bertz CT molecular complexity index is 1290. The number of carboxylic acid groups (broad SMARTS) is 1. The van der Waals surface area contributed by atoms with Gasteiger partial charge in [0.1, 0.15) is 18.7 Å². The van der Waals surface area contributed by atoms with Crippen LogP contribution < -0.4 is 20.7 Å². The van der Waals surface area contributed by atoms with Gasteiger partial charge in [-0.15, -0.1) is 0 Å². The summed E-state index contributed by atoms with van der Waals surface area (Å²) < 4.78 is 58.6. The van der Waals surface area contributed by atoms with Crippen molar-refractivity contribution in [1.82, 2.24) is 16.0 Å². The summed E-state index contributed by atoms with van der Waals surface area (Å²) >= 11 is 11.8. The van der Waals surface area contributed by atoms with Crippen molar-refractivity contribution >= 4 is 52.7 Å². The maximum atomic E-state index is 13.7. The van der Waals surface area contributed by atoms with Gasteiger partial charge in [0.25, 0.3) is 0 Å². The first-order chi connectivity index (χ1) is 18.2. The Labute approximate surface area is 227 Å². The summed E-state index contributed by atoms with van der Waals surface area (Å²) in [4.78, 5) is 60.2. The summed E-state index contributed by atoms with van der Waals surface area (Å²) in [6.07, 6.45) is -1.03. The number of amides is 3. The van der Waals surface area contributed by atoms with E-state index < -0.39 is 83.6 Å². The molecule has 0 unspecified atom stereocenters. The SMILES string of the molecule is C[C@H](NC(=O)C(=O)NCc1cc(Cl)ccc1Cl)C(=O)N[C@@H](CC(=O)O)C(=O)COc1c(F)c(F)cc(F)c1F. The van der Waals surface area contributed by atoms with Gasteiger partial charge in [0, 0.05) is 22.7 Å². The average molecular weight is 596 g/mol. The van der Waals surface area contributed by atoms with E-state index in [2.05, 4.69) is 10.1 Å². The van der Waals surface area contributed by atoms with Gasteiger partial charge in [0.2, 0.25) is 17.5 Å². The van der Waals surface area contributed by atoms with Gasteiger partial charge in [0.05, 0.1) is 6.42 Å². The van der Waals surface area contributed by atoms with Crippen LogP contribution in [0.25, 0.3) is 0 Å². The van der Waals surface area contributed by atoms with Crippen LogP contribution in [-0.2, 0) is 30.5 Å². The fraction of sp³-hybridized carbons (Fsp3) is 0.261. The maximum Gasteiger partial charge on any atom is 0.309 e. The van der Waals surface area contributed by atoms with Gasteiger partial charge in [-0.1, -0.05) is 23.2 Å². The zero-order chi connectivity index (χ0) is 29.4. The van der Waals surface area contributed by atoms with Crippen LogP contribution in [0.4, 0.5) is 17.6 Å². The lowest BCUT2D eigenvalue weighted by atomic mass is 10.1. The number of carbonyl (C=O) groups is 5. The molecule has 0 saturated carbocycles. The lowest BCUT2D eigenvalue weighted by molar-refractivity contribution is -0.142. The molecule has 10 nitrogen and oxygen atoms in total. The highest BCUT2D eigenvalue weighted by Gasteiger charge is 2.29. The number of Topliss-reactive ketones (excluding diaryl/α,β-unsaturated/α-hetero) is 1. The summed E-state index contributed by atoms with van der Waals surface area (Å²) in [5, 5.41) is 15.9. The smallest absolute Gasteiger partial charge is 0.309 e. The molecule has 0 aliphatic heterocycles. The molecular weight excluding hydrogens is 577 g/mol. The molecule has 0 heterocycles. The number of benzene rings is 2. The Kier molecular flexibility index (Phi) is 11.0. The van der Waals surface area contributed by atoms with Crippen LogP contribution in [0.15, 0.2) is 24.3 Å². The number of carboxylic acids is 1. The Balaban J connectivity index is 1.99. The lowest BCUT2D eigenvalue weighted by Gasteiger charge is -2.20. The first-order valence-electron chi connectivity index (χ1n) is 10.7. The molecule has 2 atom stereocenters. The average Bonchev–Trinajstić information content (AvgIpc) is 2.86. The monoisotopic (exact) mass is 595 g/mol. The first kappa shape index (κ1) is 31.3. The van der Waals surface area contributed by atoms with E-state index in [1.165, 1.54) is 18.2 Å². The van der Waals surface area contributed by atoms with E-state index in [9.17, 15) is 41.5 Å². The van der Waals surface area contributed by atoms with Crippen molar-refractivity contribution < 1.29 is 51.4 Å². The zero-order valence-electron chi connectivity index (χ0n) is 19.7. The van der Waals surface area contributed by atoms with Crippen molar-refractivity contribution in [2.45, 2.75) is 32.0 Å². The van der Waals surface area contributed by atoms with Crippen LogP contribution in [-0.4, -0.2) is 53.3 Å². The molecular formula is C23H19Cl2F4N3O7. The molecule has 39 heavy (non-hydrogen) atoms. The van der Waals surface area contributed by atoms with Crippen LogP contribution in [0.1, 0.15) is 18.9 Å². The van der Waals surface area contributed by atoms with Crippen LogP contribution >= 0.6 is 23.2 Å².